The number of rotatable bonds is 2. The van der Waals surface area contributed by atoms with Crippen molar-refractivity contribution >= 4 is 16.9 Å². The van der Waals surface area contributed by atoms with Crippen molar-refractivity contribution in [2.75, 3.05) is 13.1 Å². The Morgan fingerprint density at radius 1 is 1.11 bits per heavy atom. The zero-order valence-electron chi connectivity index (χ0n) is 15.8. The Morgan fingerprint density at radius 2 is 1.86 bits per heavy atom. The highest BCUT2D eigenvalue weighted by atomic mass is 16.6. The molecule has 2 aromatic heterocycles. The molecule has 0 spiro atoms. The third-order valence-corrected chi connectivity index (χ3v) is 5.82. The maximum absolute atomic E-state index is 13.1. The first-order valence-electron chi connectivity index (χ1n) is 9.84. The Kier molecular flexibility index (Phi) is 4.19. The second-order valence-corrected chi connectivity index (χ2v) is 7.55. The van der Waals surface area contributed by atoms with E-state index < -0.39 is 6.10 Å². The molecule has 1 N–H and O–H groups in total. The lowest BCUT2D eigenvalue weighted by molar-refractivity contribution is -0.145. The van der Waals surface area contributed by atoms with Crippen molar-refractivity contribution in [3.05, 3.63) is 54.4 Å². The van der Waals surface area contributed by atoms with E-state index in [1.165, 1.54) is 10.9 Å². The molecule has 0 radical (unpaired) electrons. The number of fused-ring (bicyclic) bond motifs is 2. The first-order chi connectivity index (χ1) is 13.7. The van der Waals surface area contributed by atoms with Crippen molar-refractivity contribution in [2.45, 2.75) is 37.9 Å². The minimum absolute atomic E-state index is 0.0149. The number of ether oxygens (including phenoxy) is 2. The van der Waals surface area contributed by atoms with Gasteiger partial charge in [0.2, 0.25) is 6.10 Å². The number of benzene rings is 1. The van der Waals surface area contributed by atoms with E-state index in [1.807, 2.05) is 42.2 Å². The van der Waals surface area contributed by atoms with Crippen LogP contribution in [0.2, 0.25) is 0 Å². The van der Waals surface area contributed by atoms with E-state index in [4.69, 9.17) is 9.47 Å². The third-order valence-electron chi connectivity index (χ3n) is 5.82. The molecule has 1 saturated heterocycles. The second kappa shape index (κ2) is 6.86. The Hall–Kier alpha value is -3.02. The number of likely N-dealkylation sites (tertiary alicyclic amines) is 1. The molecule has 28 heavy (non-hydrogen) atoms. The smallest absolute Gasteiger partial charge is 0.267 e. The van der Waals surface area contributed by atoms with Crippen molar-refractivity contribution < 1.29 is 14.3 Å². The van der Waals surface area contributed by atoms with Gasteiger partial charge in [0.05, 0.1) is 0 Å². The van der Waals surface area contributed by atoms with Crippen LogP contribution in [0.15, 0.2) is 48.8 Å². The van der Waals surface area contributed by atoms with E-state index in [9.17, 15) is 4.79 Å². The molecule has 0 aliphatic carbocycles. The lowest BCUT2D eigenvalue weighted by Gasteiger charge is -2.37. The molecule has 6 heteroatoms. The molecule has 2 aliphatic heterocycles. The van der Waals surface area contributed by atoms with E-state index in [2.05, 4.69) is 22.2 Å². The molecule has 0 saturated carbocycles. The van der Waals surface area contributed by atoms with Gasteiger partial charge in [0.25, 0.3) is 5.91 Å². The van der Waals surface area contributed by atoms with Crippen LogP contribution in [0.4, 0.5) is 0 Å². The fraction of sp³-hybridized carbons (Fsp3) is 0.364. The van der Waals surface area contributed by atoms with Crippen molar-refractivity contribution in [1.29, 1.82) is 0 Å². The minimum Gasteiger partial charge on any atom is -0.482 e. The molecule has 3 aromatic rings. The molecule has 4 heterocycles. The van der Waals surface area contributed by atoms with Crippen molar-refractivity contribution in [2.24, 2.45) is 0 Å². The number of pyridine rings is 1. The summed E-state index contributed by atoms with van der Waals surface area (Å²) in [5.74, 6) is 1.79. The third kappa shape index (κ3) is 2.89. The number of piperidine rings is 1. The second-order valence-electron chi connectivity index (χ2n) is 7.55. The lowest BCUT2D eigenvalue weighted by Crippen LogP contribution is -2.52. The Labute approximate surface area is 163 Å². The van der Waals surface area contributed by atoms with E-state index in [1.54, 1.807) is 6.20 Å². The minimum atomic E-state index is -0.594. The van der Waals surface area contributed by atoms with Crippen LogP contribution in [0.5, 0.6) is 11.5 Å². The summed E-state index contributed by atoms with van der Waals surface area (Å²) in [6.07, 6.45) is 4.84. The average Bonchev–Trinajstić information content (AvgIpc) is 3.17. The Morgan fingerprint density at radius 3 is 2.64 bits per heavy atom. The van der Waals surface area contributed by atoms with Gasteiger partial charge in [0.15, 0.2) is 11.5 Å². The standard InChI is InChI=1S/C22H23N3O3/c1-14-20(28-19-7-3-2-6-18(19)27-14)22(26)25-11-8-15(9-12-25)17-13-24-21-16(17)5-4-10-23-21/h2-7,10,13-15,20H,8-9,11-12H2,1H3,(H,23,24). The first-order valence-corrected chi connectivity index (χ1v) is 9.84. The molecule has 2 atom stereocenters. The van der Waals surface area contributed by atoms with Crippen LogP contribution < -0.4 is 9.47 Å². The Bertz CT molecular complexity index is 1010. The van der Waals surface area contributed by atoms with Crippen LogP contribution >= 0.6 is 0 Å². The fourth-order valence-electron chi connectivity index (χ4n) is 4.30. The topological polar surface area (TPSA) is 67.5 Å². The van der Waals surface area contributed by atoms with Gasteiger partial charge >= 0.3 is 0 Å². The zero-order valence-corrected chi connectivity index (χ0v) is 15.8. The van der Waals surface area contributed by atoms with Crippen LogP contribution in [-0.4, -0.2) is 46.1 Å². The van der Waals surface area contributed by atoms with Crippen molar-refractivity contribution in [3.8, 4) is 11.5 Å². The number of H-pyrrole nitrogens is 1. The lowest BCUT2D eigenvalue weighted by atomic mass is 9.89. The summed E-state index contributed by atoms with van der Waals surface area (Å²) in [6.45, 7) is 3.35. The number of carbonyl (C=O) groups excluding carboxylic acids is 1. The van der Waals surface area contributed by atoms with Crippen LogP contribution in [0.1, 0.15) is 31.2 Å². The summed E-state index contributed by atoms with van der Waals surface area (Å²) in [5.41, 5.74) is 2.23. The van der Waals surface area contributed by atoms with E-state index in [0.29, 0.717) is 17.4 Å². The maximum Gasteiger partial charge on any atom is 0.267 e. The number of aromatic amines is 1. The number of nitrogens with zero attached hydrogens (tertiary/aromatic N) is 2. The van der Waals surface area contributed by atoms with Crippen molar-refractivity contribution in [3.63, 3.8) is 0 Å². The van der Waals surface area contributed by atoms with Crippen LogP contribution in [0, 0.1) is 0 Å². The Balaban J connectivity index is 1.27. The number of hydrogen-bond donors (Lipinski definition) is 1. The van der Waals surface area contributed by atoms with Gasteiger partial charge in [0, 0.05) is 30.9 Å². The van der Waals surface area contributed by atoms with Crippen LogP contribution in [0.3, 0.4) is 0 Å². The SMILES string of the molecule is CC1Oc2ccccc2OC1C(=O)N1CCC(c2c[nH]c3ncccc23)CC1. The molecular weight excluding hydrogens is 354 g/mol. The van der Waals surface area contributed by atoms with Gasteiger partial charge in [0.1, 0.15) is 11.8 Å². The molecule has 6 nitrogen and oxygen atoms in total. The first kappa shape index (κ1) is 17.1. The average molecular weight is 377 g/mol. The predicted molar refractivity (Wildman–Crippen MR) is 106 cm³/mol. The summed E-state index contributed by atoms with van der Waals surface area (Å²) >= 11 is 0. The number of aromatic nitrogens is 2. The fourth-order valence-corrected chi connectivity index (χ4v) is 4.30. The van der Waals surface area contributed by atoms with Gasteiger partial charge in [-0.25, -0.2) is 4.98 Å². The van der Waals surface area contributed by atoms with E-state index in [0.717, 1.165) is 31.6 Å². The maximum atomic E-state index is 13.1. The molecule has 2 unspecified atom stereocenters. The van der Waals surface area contributed by atoms with Gasteiger partial charge in [-0.05, 0) is 55.5 Å². The predicted octanol–water partition coefficient (Wildman–Crippen LogP) is 3.50. The molecule has 0 bridgehead atoms. The molecule has 144 valence electrons. The van der Waals surface area contributed by atoms with Crippen LogP contribution in [0.25, 0.3) is 11.0 Å². The normalized spacial score (nSPS) is 22.4. The number of carbonyl (C=O) groups is 1. The zero-order chi connectivity index (χ0) is 19.1. The van der Waals surface area contributed by atoms with Gasteiger partial charge in [-0.15, -0.1) is 0 Å². The van der Waals surface area contributed by atoms with Crippen molar-refractivity contribution in [1.82, 2.24) is 14.9 Å². The van der Waals surface area contributed by atoms with Gasteiger partial charge in [-0.1, -0.05) is 12.1 Å². The monoisotopic (exact) mass is 377 g/mol. The molecular formula is C22H23N3O3. The number of hydrogen-bond acceptors (Lipinski definition) is 4. The number of amides is 1. The highest BCUT2D eigenvalue weighted by Crippen LogP contribution is 2.36. The summed E-state index contributed by atoms with van der Waals surface area (Å²) in [6, 6.07) is 11.6. The van der Waals surface area contributed by atoms with E-state index >= 15 is 0 Å². The summed E-state index contributed by atoms with van der Waals surface area (Å²) < 4.78 is 11.9. The van der Waals surface area contributed by atoms with Crippen LogP contribution in [-0.2, 0) is 4.79 Å². The molecule has 1 aromatic carbocycles. The highest BCUT2D eigenvalue weighted by Gasteiger charge is 2.38. The molecule has 2 aliphatic rings. The van der Waals surface area contributed by atoms with E-state index in [-0.39, 0.29) is 12.0 Å². The quantitative estimate of drug-likeness (QED) is 0.742. The molecule has 1 fully saturated rings. The summed E-state index contributed by atoms with van der Waals surface area (Å²) in [7, 11) is 0. The number of para-hydroxylation sites is 2. The largest absolute Gasteiger partial charge is 0.482 e. The van der Waals surface area contributed by atoms with Gasteiger partial charge in [-0.2, -0.15) is 0 Å². The summed E-state index contributed by atoms with van der Waals surface area (Å²) in [4.78, 5) is 22.6. The highest BCUT2D eigenvalue weighted by molar-refractivity contribution is 5.83. The molecule has 5 rings (SSSR count). The molecule has 1 amide bonds. The number of nitrogens with one attached hydrogen (secondary N) is 1. The van der Waals surface area contributed by atoms with Gasteiger partial charge < -0.3 is 19.4 Å². The summed E-state index contributed by atoms with van der Waals surface area (Å²) in [5, 5.41) is 1.18. The van der Waals surface area contributed by atoms with Gasteiger partial charge in [-0.3, -0.25) is 4.79 Å².